The highest BCUT2D eigenvalue weighted by Gasteiger charge is 2.22. The monoisotopic (exact) mass is 343 g/mol. The second kappa shape index (κ2) is 7.89. The molecule has 8 nitrogen and oxygen atoms in total. The molecule has 0 spiro atoms. The van der Waals surface area contributed by atoms with Crippen LogP contribution >= 0.6 is 0 Å². The largest absolute Gasteiger partial charge is 0.392 e. The van der Waals surface area contributed by atoms with Gasteiger partial charge in [0, 0.05) is 38.1 Å². The Kier molecular flexibility index (Phi) is 5.39. The van der Waals surface area contributed by atoms with Gasteiger partial charge in [0.2, 0.25) is 5.95 Å². The molecular weight excluding hydrogens is 322 g/mol. The second-order valence-corrected chi connectivity index (χ2v) is 6.15. The van der Waals surface area contributed by atoms with Crippen LogP contribution in [0, 0.1) is 16.0 Å². The molecule has 2 heterocycles. The Morgan fingerprint density at radius 3 is 2.88 bits per heavy atom. The lowest BCUT2D eigenvalue weighted by Crippen LogP contribution is -2.39. The molecule has 0 radical (unpaired) electrons. The molecule has 1 aromatic carbocycles. The van der Waals surface area contributed by atoms with Gasteiger partial charge in [0.1, 0.15) is 5.69 Å². The maximum atomic E-state index is 11.2. The summed E-state index contributed by atoms with van der Waals surface area (Å²) in [4.78, 5) is 21.5. The average Bonchev–Trinajstić information content (AvgIpc) is 2.67. The van der Waals surface area contributed by atoms with E-state index >= 15 is 0 Å². The molecule has 0 saturated carbocycles. The quantitative estimate of drug-likeness (QED) is 0.612. The van der Waals surface area contributed by atoms with Gasteiger partial charge in [-0.2, -0.15) is 0 Å². The molecule has 0 amide bonds. The molecule has 3 rings (SSSR count). The van der Waals surface area contributed by atoms with Crippen LogP contribution in [-0.2, 0) is 6.61 Å². The summed E-state index contributed by atoms with van der Waals surface area (Å²) in [5.41, 5.74) is 1.12. The first-order valence-corrected chi connectivity index (χ1v) is 8.31. The van der Waals surface area contributed by atoms with Gasteiger partial charge >= 0.3 is 0 Å². The Balaban J connectivity index is 1.66. The zero-order valence-electron chi connectivity index (χ0n) is 13.8. The minimum Gasteiger partial charge on any atom is -0.392 e. The van der Waals surface area contributed by atoms with Crippen molar-refractivity contribution >= 4 is 17.3 Å². The van der Waals surface area contributed by atoms with Crippen LogP contribution in [-0.4, -0.2) is 39.6 Å². The molecule has 1 saturated heterocycles. The standard InChI is InChI=1S/C17H21N5O3/c23-12-13-4-5-16(22(24)25)15(9-13)20-10-14-3-1-8-21(11-14)17-18-6-2-7-19-17/h2,4-7,9,14,20,23H,1,3,8,10-12H2. The number of rotatable bonds is 6. The van der Waals surface area contributed by atoms with E-state index in [1.165, 1.54) is 6.07 Å². The predicted octanol–water partition coefficient (Wildman–Crippen LogP) is 2.21. The Morgan fingerprint density at radius 2 is 2.16 bits per heavy atom. The van der Waals surface area contributed by atoms with Crippen LogP contribution in [0.15, 0.2) is 36.7 Å². The van der Waals surface area contributed by atoms with Gasteiger partial charge in [-0.25, -0.2) is 9.97 Å². The summed E-state index contributed by atoms with van der Waals surface area (Å²) in [6, 6.07) is 6.43. The fourth-order valence-corrected chi connectivity index (χ4v) is 3.10. The van der Waals surface area contributed by atoms with Crippen molar-refractivity contribution in [3.8, 4) is 0 Å². The van der Waals surface area contributed by atoms with Crippen molar-refractivity contribution in [2.75, 3.05) is 29.9 Å². The van der Waals surface area contributed by atoms with Gasteiger partial charge in [-0.15, -0.1) is 0 Å². The summed E-state index contributed by atoms with van der Waals surface area (Å²) in [5.74, 6) is 1.07. The van der Waals surface area contributed by atoms with Crippen molar-refractivity contribution in [3.05, 3.63) is 52.3 Å². The zero-order valence-corrected chi connectivity index (χ0v) is 13.8. The van der Waals surface area contributed by atoms with Gasteiger partial charge < -0.3 is 15.3 Å². The number of aliphatic hydroxyl groups is 1. The van der Waals surface area contributed by atoms with Crippen molar-refractivity contribution in [2.24, 2.45) is 5.92 Å². The molecular formula is C17H21N5O3. The van der Waals surface area contributed by atoms with Crippen molar-refractivity contribution in [2.45, 2.75) is 19.4 Å². The predicted molar refractivity (Wildman–Crippen MR) is 94.5 cm³/mol. The Hall–Kier alpha value is -2.74. The van der Waals surface area contributed by atoms with E-state index in [1.807, 2.05) is 0 Å². The molecule has 1 aromatic heterocycles. The van der Waals surface area contributed by atoms with Crippen LogP contribution in [0.5, 0.6) is 0 Å². The number of aromatic nitrogens is 2. The van der Waals surface area contributed by atoms with E-state index < -0.39 is 4.92 Å². The molecule has 1 aliphatic rings. The zero-order chi connectivity index (χ0) is 17.6. The third-order valence-electron chi connectivity index (χ3n) is 4.38. The molecule has 1 unspecified atom stereocenters. The second-order valence-electron chi connectivity index (χ2n) is 6.15. The first-order valence-electron chi connectivity index (χ1n) is 8.31. The molecule has 0 aliphatic carbocycles. The fourth-order valence-electron chi connectivity index (χ4n) is 3.10. The maximum absolute atomic E-state index is 11.2. The summed E-state index contributed by atoms with van der Waals surface area (Å²) in [5, 5.41) is 23.6. The number of nitrogens with zero attached hydrogens (tertiary/aromatic N) is 4. The Bertz CT molecular complexity index is 725. The number of hydrogen-bond donors (Lipinski definition) is 2. The van der Waals surface area contributed by atoms with Crippen LogP contribution in [0.1, 0.15) is 18.4 Å². The fraction of sp³-hybridized carbons (Fsp3) is 0.412. The Labute approximate surface area is 145 Å². The highest BCUT2D eigenvalue weighted by molar-refractivity contribution is 5.62. The van der Waals surface area contributed by atoms with Gasteiger partial charge in [0.15, 0.2) is 0 Å². The maximum Gasteiger partial charge on any atom is 0.292 e. The molecule has 8 heteroatoms. The number of nitro benzene ring substituents is 1. The van der Waals surface area contributed by atoms with E-state index in [0.29, 0.717) is 23.7 Å². The van der Waals surface area contributed by atoms with Crippen molar-refractivity contribution in [1.82, 2.24) is 9.97 Å². The molecule has 1 atom stereocenters. The average molecular weight is 343 g/mol. The SMILES string of the molecule is O=[N+]([O-])c1ccc(CO)cc1NCC1CCCN(c2ncccn2)C1. The van der Waals surface area contributed by atoms with Crippen LogP contribution in [0.3, 0.4) is 0 Å². The number of nitrogens with one attached hydrogen (secondary N) is 1. The van der Waals surface area contributed by atoms with Crippen molar-refractivity contribution in [3.63, 3.8) is 0 Å². The normalized spacial score (nSPS) is 17.3. The molecule has 25 heavy (non-hydrogen) atoms. The van der Waals surface area contributed by atoms with E-state index in [4.69, 9.17) is 0 Å². The summed E-state index contributed by atoms with van der Waals surface area (Å²) < 4.78 is 0. The van der Waals surface area contributed by atoms with E-state index in [-0.39, 0.29) is 12.3 Å². The molecule has 1 fully saturated rings. The van der Waals surface area contributed by atoms with E-state index in [1.54, 1.807) is 30.6 Å². The van der Waals surface area contributed by atoms with Gasteiger partial charge in [0.25, 0.3) is 5.69 Å². The third-order valence-corrected chi connectivity index (χ3v) is 4.38. The van der Waals surface area contributed by atoms with Gasteiger partial charge in [-0.3, -0.25) is 10.1 Å². The lowest BCUT2D eigenvalue weighted by molar-refractivity contribution is -0.384. The minimum absolute atomic E-state index is 0.0243. The topological polar surface area (TPSA) is 104 Å². The number of hydrogen-bond acceptors (Lipinski definition) is 7. The smallest absolute Gasteiger partial charge is 0.292 e. The highest BCUT2D eigenvalue weighted by atomic mass is 16.6. The van der Waals surface area contributed by atoms with Gasteiger partial charge in [0.05, 0.1) is 11.5 Å². The summed E-state index contributed by atoms with van der Waals surface area (Å²) in [6.07, 6.45) is 5.54. The van der Waals surface area contributed by atoms with Crippen LogP contribution < -0.4 is 10.2 Å². The van der Waals surface area contributed by atoms with Crippen molar-refractivity contribution in [1.29, 1.82) is 0 Å². The number of benzene rings is 1. The molecule has 132 valence electrons. The number of anilines is 2. The third kappa shape index (κ3) is 4.21. The summed E-state index contributed by atoms with van der Waals surface area (Å²) in [7, 11) is 0. The number of aliphatic hydroxyl groups excluding tert-OH is 1. The van der Waals surface area contributed by atoms with E-state index in [2.05, 4.69) is 20.2 Å². The van der Waals surface area contributed by atoms with Crippen LogP contribution in [0.2, 0.25) is 0 Å². The lowest BCUT2D eigenvalue weighted by Gasteiger charge is -2.32. The van der Waals surface area contributed by atoms with Crippen LogP contribution in [0.4, 0.5) is 17.3 Å². The first-order chi connectivity index (χ1) is 12.2. The highest BCUT2D eigenvalue weighted by Crippen LogP contribution is 2.27. The van der Waals surface area contributed by atoms with E-state index in [0.717, 1.165) is 31.9 Å². The molecule has 1 aliphatic heterocycles. The number of piperidine rings is 1. The van der Waals surface area contributed by atoms with Gasteiger partial charge in [-0.1, -0.05) is 0 Å². The van der Waals surface area contributed by atoms with Crippen LogP contribution in [0.25, 0.3) is 0 Å². The summed E-state index contributed by atoms with van der Waals surface area (Å²) in [6.45, 7) is 2.21. The Morgan fingerprint density at radius 1 is 1.36 bits per heavy atom. The first kappa shape index (κ1) is 17.1. The molecule has 2 N–H and O–H groups in total. The summed E-state index contributed by atoms with van der Waals surface area (Å²) >= 11 is 0. The number of nitro groups is 1. The van der Waals surface area contributed by atoms with Crippen molar-refractivity contribution < 1.29 is 10.0 Å². The molecule has 2 aromatic rings. The lowest BCUT2D eigenvalue weighted by atomic mass is 9.98. The van der Waals surface area contributed by atoms with Gasteiger partial charge in [-0.05, 0) is 42.5 Å². The minimum atomic E-state index is -0.408. The van der Waals surface area contributed by atoms with E-state index in [9.17, 15) is 15.2 Å². The molecule has 0 bridgehead atoms.